The zero-order valence-corrected chi connectivity index (χ0v) is 16.4. The Hall–Kier alpha value is -2.54. The molecule has 1 saturated heterocycles. The Kier molecular flexibility index (Phi) is 4.47. The van der Waals surface area contributed by atoms with Crippen LogP contribution in [0.4, 0.5) is 0 Å². The van der Waals surface area contributed by atoms with Crippen LogP contribution in [0.2, 0.25) is 0 Å². The van der Waals surface area contributed by atoms with Crippen molar-refractivity contribution < 1.29 is 4.79 Å². The summed E-state index contributed by atoms with van der Waals surface area (Å²) in [5, 5.41) is 0.767. The molecule has 1 fully saturated rings. The molecule has 3 aromatic heterocycles. The molecule has 6 nitrogen and oxygen atoms in total. The summed E-state index contributed by atoms with van der Waals surface area (Å²) < 4.78 is 0. The number of nitrogens with zero attached hydrogens (tertiary/aromatic N) is 3. The number of fused-ring (bicyclic) bond motifs is 3. The number of carbonyl (C=O) groups is 1. The minimum absolute atomic E-state index is 0.0544. The van der Waals surface area contributed by atoms with Crippen molar-refractivity contribution in [3.05, 3.63) is 56.7 Å². The first-order chi connectivity index (χ1) is 13.7. The average molecular weight is 395 g/mol. The van der Waals surface area contributed by atoms with Crippen molar-refractivity contribution in [3.8, 4) is 0 Å². The summed E-state index contributed by atoms with van der Waals surface area (Å²) in [6.45, 7) is 0.777. The van der Waals surface area contributed by atoms with Gasteiger partial charge >= 0.3 is 0 Å². The second kappa shape index (κ2) is 7.13. The molecule has 0 saturated carbocycles. The number of pyridine rings is 1. The van der Waals surface area contributed by atoms with E-state index in [-0.39, 0.29) is 17.5 Å². The first-order valence-electron chi connectivity index (χ1n) is 9.93. The van der Waals surface area contributed by atoms with E-state index in [0.29, 0.717) is 18.7 Å². The van der Waals surface area contributed by atoms with Crippen LogP contribution in [-0.4, -0.2) is 32.3 Å². The summed E-state index contributed by atoms with van der Waals surface area (Å²) >= 11 is 1.64. The first-order valence-corrected chi connectivity index (χ1v) is 10.7. The second-order valence-corrected chi connectivity index (χ2v) is 8.67. The molecule has 144 valence electrons. The van der Waals surface area contributed by atoms with Crippen LogP contribution in [0.5, 0.6) is 0 Å². The molecule has 0 radical (unpaired) electrons. The summed E-state index contributed by atoms with van der Waals surface area (Å²) in [6, 6.07) is 4.06. The Morgan fingerprint density at radius 1 is 1.32 bits per heavy atom. The third-order valence-electron chi connectivity index (χ3n) is 5.84. The maximum Gasteiger partial charge on any atom is 0.259 e. The van der Waals surface area contributed by atoms with Crippen LogP contribution in [0.15, 0.2) is 29.3 Å². The van der Waals surface area contributed by atoms with Crippen molar-refractivity contribution in [2.75, 3.05) is 6.54 Å². The van der Waals surface area contributed by atoms with Crippen LogP contribution in [0.25, 0.3) is 10.2 Å². The van der Waals surface area contributed by atoms with Gasteiger partial charge < -0.3 is 9.88 Å². The lowest BCUT2D eigenvalue weighted by Crippen LogP contribution is -2.31. The van der Waals surface area contributed by atoms with Crippen LogP contribution >= 0.6 is 11.3 Å². The van der Waals surface area contributed by atoms with Gasteiger partial charge in [0.25, 0.3) is 5.56 Å². The largest absolute Gasteiger partial charge is 0.336 e. The van der Waals surface area contributed by atoms with Crippen molar-refractivity contribution in [1.82, 2.24) is 19.9 Å². The van der Waals surface area contributed by atoms with E-state index >= 15 is 0 Å². The van der Waals surface area contributed by atoms with Crippen molar-refractivity contribution in [2.45, 2.75) is 51.0 Å². The van der Waals surface area contributed by atoms with Crippen molar-refractivity contribution >= 4 is 27.5 Å². The minimum Gasteiger partial charge on any atom is -0.336 e. The van der Waals surface area contributed by atoms with Crippen LogP contribution in [0, 0.1) is 0 Å². The quantitative estimate of drug-likeness (QED) is 0.737. The second-order valence-electron chi connectivity index (χ2n) is 7.58. The molecule has 5 rings (SSSR count). The SMILES string of the molecule is O=C(CCc1nc2sc3c(c2c(=O)[nH]1)CCC3)N1CCC[C@@H]1c1cccnc1. The van der Waals surface area contributed by atoms with E-state index in [9.17, 15) is 9.59 Å². The summed E-state index contributed by atoms with van der Waals surface area (Å²) in [5.41, 5.74) is 2.23. The number of carbonyl (C=O) groups excluding carboxylic acids is 1. The molecule has 0 bridgehead atoms. The molecule has 4 heterocycles. The highest BCUT2D eigenvalue weighted by Gasteiger charge is 2.30. The monoisotopic (exact) mass is 394 g/mol. The minimum atomic E-state index is -0.0544. The predicted octanol–water partition coefficient (Wildman–Crippen LogP) is 3.16. The van der Waals surface area contributed by atoms with Crippen LogP contribution in [0.3, 0.4) is 0 Å². The van der Waals surface area contributed by atoms with Crippen molar-refractivity contribution in [3.63, 3.8) is 0 Å². The number of nitrogens with one attached hydrogen (secondary N) is 1. The Bertz CT molecular complexity index is 1090. The Morgan fingerprint density at radius 2 is 2.25 bits per heavy atom. The van der Waals surface area contributed by atoms with Gasteiger partial charge in [0, 0.05) is 36.7 Å². The third kappa shape index (κ3) is 3.03. The van der Waals surface area contributed by atoms with E-state index in [4.69, 9.17) is 0 Å². The highest BCUT2D eigenvalue weighted by molar-refractivity contribution is 7.18. The summed E-state index contributed by atoms with van der Waals surface area (Å²) in [7, 11) is 0. The first kappa shape index (κ1) is 17.6. The van der Waals surface area contributed by atoms with E-state index in [0.717, 1.165) is 54.4 Å². The van der Waals surface area contributed by atoms with Crippen molar-refractivity contribution in [2.24, 2.45) is 0 Å². The number of aromatic nitrogens is 3. The van der Waals surface area contributed by atoms with E-state index in [1.165, 1.54) is 10.4 Å². The van der Waals surface area contributed by atoms with Gasteiger partial charge in [0.05, 0.1) is 11.4 Å². The number of aromatic amines is 1. The molecule has 0 aromatic carbocycles. The molecule has 28 heavy (non-hydrogen) atoms. The number of thiophene rings is 1. The van der Waals surface area contributed by atoms with Gasteiger partial charge in [0.2, 0.25) is 5.91 Å². The number of aryl methyl sites for hydroxylation is 3. The summed E-state index contributed by atoms with van der Waals surface area (Å²) in [4.78, 5) is 41.3. The molecule has 1 aliphatic heterocycles. The highest BCUT2D eigenvalue weighted by Crippen LogP contribution is 2.35. The average Bonchev–Trinajstić information content (AvgIpc) is 3.42. The fraction of sp³-hybridized carbons (Fsp3) is 0.429. The molecule has 1 aliphatic carbocycles. The predicted molar refractivity (Wildman–Crippen MR) is 109 cm³/mol. The van der Waals surface area contributed by atoms with E-state index in [1.54, 1.807) is 17.5 Å². The van der Waals surface area contributed by atoms with Gasteiger partial charge in [0.15, 0.2) is 0 Å². The molecule has 0 spiro atoms. The molecule has 1 atom stereocenters. The highest BCUT2D eigenvalue weighted by atomic mass is 32.1. The normalized spacial score (nSPS) is 18.7. The summed E-state index contributed by atoms with van der Waals surface area (Å²) in [6.07, 6.45) is 9.55. The van der Waals surface area contributed by atoms with Gasteiger partial charge in [-0.25, -0.2) is 4.98 Å². The Balaban J connectivity index is 1.32. The van der Waals surface area contributed by atoms with Gasteiger partial charge in [-0.3, -0.25) is 14.6 Å². The van der Waals surface area contributed by atoms with E-state index < -0.39 is 0 Å². The standard InChI is InChI=1S/C21H22N4O2S/c26-18(25-11-3-6-15(25)13-4-2-10-22-12-13)9-8-17-23-20(27)19-14-5-1-7-16(14)28-21(19)24-17/h2,4,10,12,15H,1,3,5-9,11H2,(H,23,24,27)/t15-/m1/s1. The van der Waals surface area contributed by atoms with Gasteiger partial charge in [-0.15, -0.1) is 11.3 Å². The number of rotatable bonds is 4. The zero-order valence-electron chi connectivity index (χ0n) is 15.6. The number of amides is 1. The molecule has 1 amide bonds. The van der Waals surface area contributed by atoms with E-state index in [2.05, 4.69) is 15.0 Å². The number of hydrogen-bond donors (Lipinski definition) is 1. The lowest BCUT2D eigenvalue weighted by molar-refractivity contribution is -0.132. The molecule has 1 N–H and O–H groups in total. The maximum atomic E-state index is 12.9. The third-order valence-corrected chi connectivity index (χ3v) is 7.03. The fourth-order valence-electron chi connectivity index (χ4n) is 4.52. The van der Waals surface area contributed by atoms with Crippen LogP contribution in [-0.2, 0) is 24.1 Å². The number of likely N-dealkylation sites (tertiary alicyclic amines) is 1. The molecular weight excluding hydrogens is 372 g/mol. The molecule has 3 aromatic rings. The van der Waals surface area contributed by atoms with Crippen LogP contribution < -0.4 is 5.56 Å². The van der Waals surface area contributed by atoms with Gasteiger partial charge in [-0.2, -0.15) is 0 Å². The van der Waals surface area contributed by atoms with Gasteiger partial charge in [-0.1, -0.05) is 6.07 Å². The molecular formula is C21H22N4O2S. The lowest BCUT2D eigenvalue weighted by atomic mass is 10.1. The lowest BCUT2D eigenvalue weighted by Gasteiger charge is -2.24. The smallest absolute Gasteiger partial charge is 0.259 e. The molecule has 0 unspecified atom stereocenters. The fourth-order valence-corrected chi connectivity index (χ4v) is 5.80. The summed E-state index contributed by atoms with van der Waals surface area (Å²) in [5.74, 6) is 0.727. The number of H-pyrrole nitrogens is 1. The van der Waals surface area contributed by atoms with E-state index in [1.807, 2.05) is 23.2 Å². The molecule has 7 heteroatoms. The molecule has 2 aliphatic rings. The topological polar surface area (TPSA) is 79.0 Å². The van der Waals surface area contributed by atoms with Gasteiger partial charge in [0.1, 0.15) is 10.7 Å². The Morgan fingerprint density at radius 3 is 3.11 bits per heavy atom. The van der Waals surface area contributed by atoms with Crippen molar-refractivity contribution in [1.29, 1.82) is 0 Å². The van der Waals surface area contributed by atoms with Gasteiger partial charge in [-0.05, 0) is 49.3 Å². The zero-order chi connectivity index (χ0) is 19.1. The van der Waals surface area contributed by atoms with Crippen LogP contribution in [0.1, 0.15) is 53.6 Å². The number of hydrogen-bond acceptors (Lipinski definition) is 5. The Labute approximate surface area is 166 Å². The maximum absolute atomic E-state index is 12.9.